The fourth-order valence-corrected chi connectivity index (χ4v) is 4.93. The summed E-state index contributed by atoms with van der Waals surface area (Å²) in [5, 5.41) is 6.79. The van der Waals surface area contributed by atoms with Crippen molar-refractivity contribution in [3.05, 3.63) is 0 Å². The van der Waals surface area contributed by atoms with Crippen LogP contribution in [0.4, 0.5) is 0 Å². The summed E-state index contributed by atoms with van der Waals surface area (Å²) < 4.78 is 0. The highest BCUT2D eigenvalue weighted by molar-refractivity contribution is 8.07. The molecule has 3 unspecified atom stereocenters. The Morgan fingerprint density at radius 3 is 3.06 bits per heavy atom. The number of carbonyl (C=O) groups is 1. The normalized spacial score (nSPS) is 34.3. The minimum Gasteiger partial charge on any atom is -0.354 e. The first-order chi connectivity index (χ1) is 8.27. The van der Waals surface area contributed by atoms with Crippen LogP contribution in [-0.2, 0) is 4.79 Å². The van der Waals surface area contributed by atoms with Gasteiger partial charge >= 0.3 is 0 Å². The highest BCUT2D eigenvalue weighted by atomic mass is 32.2. The van der Waals surface area contributed by atoms with E-state index in [2.05, 4.69) is 17.6 Å². The van der Waals surface area contributed by atoms with Gasteiger partial charge in [0, 0.05) is 29.8 Å². The van der Waals surface area contributed by atoms with E-state index in [1.165, 1.54) is 18.6 Å². The third-order valence-corrected chi connectivity index (χ3v) is 6.29. The second kappa shape index (κ2) is 6.90. The van der Waals surface area contributed by atoms with E-state index in [1.807, 2.05) is 11.8 Å². The largest absolute Gasteiger partial charge is 0.354 e. The maximum Gasteiger partial charge on any atom is 0.234 e. The summed E-state index contributed by atoms with van der Waals surface area (Å²) in [6.45, 7) is 4.16. The van der Waals surface area contributed by atoms with Crippen LogP contribution in [0.3, 0.4) is 0 Å². The molecule has 0 aromatic rings. The molecule has 0 aromatic carbocycles. The van der Waals surface area contributed by atoms with Gasteiger partial charge in [-0.1, -0.05) is 6.92 Å². The van der Waals surface area contributed by atoms with Crippen LogP contribution in [0, 0.1) is 5.92 Å². The first-order valence-electron chi connectivity index (χ1n) is 6.48. The SMILES string of the molecule is CC1CCCNC1CNC(=O)C1CSCCS1. The maximum atomic E-state index is 12.0. The number of hydrogen-bond acceptors (Lipinski definition) is 4. The maximum absolute atomic E-state index is 12.0. The number of thioether (sulfide) groups is 2. The molecule has 0 bridgehead atoms. The first-order valence-corrected chi connectivity index (χ1v) is 8.68. The molecule has 3 atom stereocenters. The smallest absolute Gasteiger partial charge is 0.234 e. The summed E-state index contributed by atoms with van der Waals surface area (Å²) in [6, 6.07) is 0.467. The third kappa shape index (κ3) is 4.07. The number of rotatable bonds is 3. The zero-order chi connectivity index (χ0) is 12.1. The van der Waals surface area contributed by atoms with Crippen LogP contribution in [-0.4, -0.2) is 47.5 Å². The van der Waals surface area contributed by atoms with E-state index in [0.717, 1.165) is 24.6 Å². The van der Waals surface area contributed by atoms with Gasteiger partial charge in [-0.15, -0.1) is 11.8 Å². The molecule has 5 heteroatoms. The van der Waals surface area contributed by atoms with Crippen LogP contribution < -0.4 is 10.6 Å². The number of amides is 1. The molecule has 98 valence electrons. The molecule has 2 aliphatic rings. The Hall–Kier alpha value is 0.130. The van der Waals surface area contributed by atoms with Crippen molar-refractivity contribution >= 4 is 29.4 Å². The van der Waals surface area contributed by atoms with Crippen LogP contribution in [0.15, 0.2) is 0 Å². The minimum absolute atomic E-state index is 0.174. The third-order valence-electron chi connectivity index (χ3n) is 3.53. The molecule has 2 aliphatic heterocycles. The number of hydrogen-bond donors (Lipinski definition) is 2. The molecule has 0 saturated carbocycles. The van der Waals surface area contributed by atoms with Crippen molar-refractivity contribution in [2.75, 3.05) is 30.3 Å². The topological polar surface area (TPSA) is 41.1 Å². The Kier molecular flexibility index (Phi) is 5.50. The molecule has 0 radical (unpaired) electrons. The summed E-state index contributed by atoms with van der Waals surface area (Å²) in [7, 11) is 0. The van der Waals surface area contributed by atoms with Crippen LogP contribution >= 0.6 is 23.5 Å². The Morgan fingerprint density at radius 1 is 1.47 bits per heavy atom. The molecule has 0 aliphatic carbocycles. The van der Waals surface area contributed by atoms with Gasteiger partial charge in [-0.05, 0) is 25.3 Å². The first kappa shape index (κ1) is 13.6. The van der Waals surface area contributed by atoms with E-state index in [-0.39, 0.29) is 11.2 Å². The van der Waals surface area contributed by atoms with Gasteiger partial charge in [-0.25, -0.2) is 0 Å². The van der Waals surface area contributed by atoms with E-state index in [1.54, 1.807) is 11.8 Å². The molecule has 1 amide bonds. The molecular formula is C12H22N2OS2. The zero-order valence-corrected chi connectivity index (χ0v) is 12.0. The van der Waals surface area contributed by atoms with Gasteiger partial charge in [-0.2, -0.15) is 11.8 Å². The van der Waals surface area contributed by atoms with Crippen molar-refractivity contribution in [3.63, 3.8) is 0 Å². The summed E-state index contributed by atoms with van der Waals surface area (Å²) in [5.74, 6) is 4.19. The lowest BCUT2D eigenvalue weighted by atomic mass is 9.93. The van der Waals surface area contributed by atoms with E-state index in [4.69, 9.17) is 0 Å². The Morgan fingerprint density at radius 2 is 2.35 bits per heavy atom. The van der Waals surface area contributed by atoms with E-state index < -0.39 is 0 Å². The van der Waals surface area contributed by atoms with E-state index in [9.17, 15) is 4.79 Å². The molecule has 2 fully saturated rings. The average molecular weight is 274 g/mol. The molecule has 17 heavy (non-hydrogen) atoms. The summed E-state index contributed by atoms with van der Waals surface area (Å²) in [4.78, 5) is 12.0. The van der Waals surface area contributed by atoms with Crippen molar-refractivity contribution in [1.82, 2.24) is 10.6 Å². The van der Waals surface area contributed by atoms with Crippen LogP contribution in [0.25, 0.3) is 0 Å². The molecule has 2 rings (SSSR count). The van der Waals surface area contributed by atoms with Gasteiger partial charge in [0.15, 0.2) is 0 Å². The van der Waals surface area contributed by atoms with E-state index in [0.29, 0.717) is 12.0 Å². The van der Waals surface area contributed by atoms with Gasteiger partial charge in [0.25, 0.3) is 0 Å². The van der Waals surface area contributed by atoms with Gasteiger partial charge in [0.05, 0.1) is 5.25 Å². The Bertz CT molecular complexity index is 257. The second-order valence-electron chi connectivity index (χ2n) is 4.86. The monoisotopic (exact) mass is 274 g/mol. The molecule has 2 N–H and O–H groups in total. The lowest BCUT2D eigenvalue weighted by Gasteiger charge is -2.31. The van der Waals surface area contributed by atoms with E-state index >= 15 is 0 Å². The lowest BCUT2D eigenvalue weighted by molar-refractivity contribution is -0.120. The molecule has 3 nitrogen and oxygen atoms in total. The summed E-state index contributed by atoms with van der Waals surface area (Å²) in [6.07, 6.45) is 2.54. The number of nitrogens with one attached hydrogen (secondary N) is 2. The molecular weight excluding hydrogens is 252 g/mol. The molecule has 2 saturated heterocycles. The molecule has 2 heterocycles. The van der Waals surface area contributed by atoms with Crippen LogP contribution in [0.2, 0.25) is 0 Å². The van der Waals surface area contributed by atoms with Gasteiger partial charge in [0.1, 0.15) is 0 Å². The lowest BCUT2D eigenvalue weighted by Crippen LogP contribution is -2.49. The van der Waals surface area contributed by atoms with Gasteiger partial charge in [0.2, 0.25) is 5.91 Å². The van der Waals surface area contributed by atoms with Crippen molar-refractivity contribution in [3.8, 4) is 0 Å². The van der Waals surface area contributed by atoms with Gasteiger partial charge < -0.3 is 10.6 Å². The average Bonchev–Trinajstić information content (AvgIpc) is 2.38. The highest BCUT2D eigenvalue weighted by Crippen LogP contribution is 2.24. The quantitative estimate of drug-likeness (QED) is 0.815. The minimum atomic E-state index is 0.174. The van der Waals surface area contributed by atoms with Crippen molar-refractivity contribution in [1.29, 1.82) is 0 Å². The number of piperidine rings is 1. The van der Waals surface area contributed by atoms with Crippen molar-refractivity contribution in [2.24, 2.45) is 5.92 Å². The zero-order valence-electron chi connectivity index (χ0n) is 10.4. The molecule has 0 spiro atoms. The Balaban J connectivity index is 1.71. The van der Waals surface area contributed by atoms with Crippen molar-refractivity contribution in [2.45, 2.75) is 31.1 Å². The van der Waals surface area contributed by atoms with Crippen LogP contribution in [0.5, 0.6) is 0 Å². The number of carbonyl (C=O) groups excluding carboxylic acids is 1. The van der Waals surface area contributed by atoms with Crippen molar-refractivity contribution < 1.29 is 4.79 Å². The molecule has 0 aromatic heterocycles. The fourth-order valence-electron chi connectivity index (χ4n) is 2.35. The Labute approximate surface area is 112 Å². The summed E-state index contributed by atoms with van der Waals surface area (Å²) in [5.41, 5.74) is 0. The predicted molar refractivity (Wildman–Crippen MR) is 76.8 cm³/mol. The van der Waals surface area contributed by atoms with Gasteiger partial charge in [-0.3, -0.25) is 4.79 Å². The predicted octanol–water partition coefficient (Wildman–Crippen LogP) is 1.34. The second-order valence-corrected chi connectivity index (χ2v) is 7.32. The highest BCUT2D eigenvalue weighted by Gasteiger charge is 2.25. The summed E-state index contributed by atoms with van der Waals surface area (Å²) >= 11 is 3.70. The standard InChI is InChI=1S/C12H22N2OS2/c1-9-3-2-4-13-10(9)7-14-12(15)11-8-16-5-6-17-11/h9-11,13H,2-8H2,1H3,(H,14,15). The van der Waals surface area contributed by atoms with Crippen LogP contribution in [0.1, 0.15) is 19.8 Å². The fraction of sp³-hybridized carbons (Fsp3) is 0.917.